The number of nitro groups is 1. The van der Waals surface area contributed by atoms with Crippen molar-refractivity contribution in [1.82, 2.24) is 14.4 Å². The van der Waals surface area contributed by atoms with E-state index in [-0.39, 0.29) is 23.7 Å². The number of likely N-dealkylation sites (tertiary alicyclic amines) is 1. The van der Waals surface area contributed by atoms with Crippen LogP contribution in [0.15, 0.2) is 41.2 Å². The minimum absolute atomic E-state index is 0.0496. The van der Waals surface area contributed by atoms with Crippen molar-refractivity contribution in [3.05, 3.63) is 73.7 Å². The lowest BCUT2D eigenvalue weighted by molar-refractivity contribution is -0.386. The molecule has 9 heteroatoms. The molecule has 3 aliphatic rings. The molecule has 4 heterocycles. The van der Waals surface area contributed by atoms with E-state index in [1.54, 1.807) is 28.9 Å². The van der Waals surface area contributed by atoms with E-state index in [9.17, 15) is 24.5 Å². The van der Waals surface area contributed by atoms with Crippen molar-refractivity contribution in [2.45, 2.75) is 38.4 Å². The van der Waals surface area contributed by atoms with Crippen LogP contribution in [-0.2, 0) is 17.9 Å². The van der Waals surface area contributed by atoms with E-state index in [1.165, 1.54) is 10.6 Å². The number of piperidine rings is 1. The number of carbonyl (C=O) groups is 2. The number of pyridine rings is 1. The van der Waals surface area contributed by atoms with Gasteiger partial charge < -0.3 is 14.4 Å². The predicted molar refractivity (Wildman–Crippen MR) is 111 cm³/mol. The molecule has 1 aromatic carbocycles. The summed E-state index contributed by atoms with van der Waals surface area (Å²) in [4.78, 5) is 52.5. The van der Waals surface area contributed by atoms with Gasteiger partial charge in [0, 0.05) is 49.4 Å². The van der Waals surface area contributed by atoms with Crippen LogP contribution in [-0.4, -0.2) is 50.2 Å². The molecule has 0 saturated carbocycles. The van der Waals surface area contributed by atoms with Crippen molar-refractivity contribution in [3.8, 4) is 0 Å². The lowest BCUT2D eigenvalue weighted by Gasteiger charge is -2.44. The molecule has 0 radical (unpaired) electrons. The molecule has 9 nitrogen and oxygen atoms in total. The second-order valence-corrected chi connectivity index (χ2v) is 8.62. The van der Waals surface area contributed by atoms with Crippen LogP contribution < -0.4 is 5.56 Å². The van der Waals surface area contributed by atoms with Gasteiger partial charge in [-0.2, -0.15) is 0 Å². The summed E-state index contributed by atoms with van der Waals surface area (Å²) in [5.74, 6) is -0.233. The van der Waals surface area contributed by atoms with Crippen LogP contribution in [0.2, 0.25) is 0 Å². The summed E-state index contributed by atoms with van der Waals surface area (Å²) in [7, 11) is 0. The lowest BCUT2D eigenvalue weighted by atomic mass is 9.83. The van der Waals surface area contributed by atoms with Crippen LogP contribution in [0, 0.1) is 16.0 Å². The van der Waals surface area contributed by atoms with Gasteiger partial charge in [0.15, 0.2) is 0 Å². The Hall–Kier alpha value is -3.49. The summed E-state index contributed by atoms with van der Waals surface area (Å²) in [6, 6.07) is 9.71. The van der Waals surface area contributed by atoms with Crippen LogP contribution in [0.5, 0.6) is 0 Å². The fourth-order valence-corrected chi connectivity index (χ4v) is 5.24. The Bertz CT molecular complexity index is 1170. The van der Waals surface area contributed by atoms with E-state index in [0.717, 1.165) is 17.7 Å². The summed E-state index contributed by atoms with van der Waals surface area (Å²) in [5.41, 5.74) is 1.31. The molecule has 5 rings (SSSR count). The van der Waals surface area contributed by atoms with Crippen LogP contribution >= 0.6 is 0 Å². The summed E-state index contributed by atoms with van der Waals surface area (Å²) >= 11 is 0. The number of nitrogens with zero attached hydrogens (tertiary/aromatic N) is 4. The van der Waals surface area contributed by atoms with Crippen LogP contribution in [0.1, 0.15) is 40.9 Å². The standard InChI is InChI=1S/C22H22N4O5/c1-13(24-12-15-4-2-3-5-17(15)21(24)28)20(27)23-9-14-8-16(11-23)18-6-7-19(26(30)31)22(29)25(18)10-14/h2-7,13-14,16H,8-12H2,1H3/t13-,14-,16?/m0/s1. The molecular formula is C22H22N4O5. The largest absolute Gasteiger partial charge is 0.340 e. The molecule has 2 aromatic rings. The van der Waals surface area contributed by atoms with Gasteiger partial charge in [-0.25, -0.2) is 0 Å². The van der Waals surface area contributed by atoms with Gasteiger partial charge in [-0.05, 0) is 37.0 Å². The van der Waals surface area contributed by atoms with Crippen molar-refractivity contribution >= 4 is 17.5 Å². The van der Waals surface area contributed by atoms with Crippen LogP contribution in [0.4, 0.5) is 5.69 Å². The number of hydrogen-bond donors (Lipinski definition) is 0. The molecule has 2 amide bonds. The zero-order valence-corrected chi connectivity index (χ0v) is 17.1. The van der Waals surface area contributed by atoms with E-state index < -0.39 is 22.2 Å². The molecule has 2 bridgehead atoms. The highest BCUT2D eigenvalue weighted by Crippen LogP contribution is 2.36. The first kappa shape index (κ1) is 19.5. The summed E-state index contributed by atoms with van der Waals surface area (Å²) in [6.45, 7) is 3.45. The van der Waals surface area contributed by atoms with Gasteiger partial charge in [-0.15, -0.1) is 0 Å². The average molecular weight is 422 g/mol. The van der Waals surface area contributed by atoms with Gasteiger partial charge in [0.2, 0.25) is 5.91 Å². The summed E-state index contributed by atoms with van der Waals surface area (Å²) in [6.07, 6.45) is 0.837. The Labute approximate surface area is 178 Å². The van der Waals surface area contributed by atoms with Gasteiger partial charge >= 0.3 is 11.2 Å². The van der Waals surface area contributed by atoms with Crippen molar-refractivity contribution < 1.29 is 14.5 Å². The number of carbonyl (C=O) groups excluding carboxylic acids is 2. The molecule has 0 aliphatic carbocycles. The summed E-state index contributed by atoms with van der Waals surface area (Å²) in [5, 5.41) is 11.1. The summed E-state index contributed by atoms with van der Waals surface area (Å²) < 4.78 is 1.50. The molecule has 31 heavy (non-hydrogen) atoms. The minimum Gasteiger partial charge on any atom is -0.340 e. The maximum Gasteiger partial charge on any atom is 0.334 e. The van der Waals surface area contributed by atoms with Gasteiger partial charge in [0.25, 0.3) is 5.91 Å². The third kappa shape index (κ3) is 3.03. The zero-order chi connectivity index (χ0) is 21.9. The Kier molecular flexibility index (Phi) is 4.42. The van der Waals surface area contributed by atoms with Crippen LogP contribution in [0.3, 0.4) is 0 Å². The van der Waals surface area contributed by atoms with Crippen molar-refractivity contribution in [1.29, 1.82) is 0 Å². The fourth-order valence-electron chi connectivity index (χ4n) is 5.24. The Morgan fingerprint density at radius 2 is 1.90 bits per heavy atom. The van der Waals surface area contributed by atoms with Gasteiger partial charge in [-0.3, -0.25) is 24.5 Å². The maximum atomic E-state index is 13.3. The average Bonchev–Trinajstić information content (AvgIpc) is 3.10. The molecule has 1 aromatic heterocycles. The topological polar surface area (TPSA) is 106 Å². The molecule has 3 atom stereocenters. The molecule has 0 N–H and O–H groups in total. The molecule has 1 fully saturated rings. The first-order valence-electron chi connectivity index (χ1n) is 10.4. The highest BCUT2D eigenvalue weighted by atomic mass is 16.6. The highest BCUT2D eigenvalue weighted by Gasteiger charge is 2.41. The van der Waals surface area contributed by atoms with E-state index in [4.69, 9.17) is 0 Å². The maximum absolute atomic E-state index is 13.3. The lowest BCUT2D eigenvalue weighted by Crippen LogP contribution is -2.54. The van der Waals surface area contributed by atoms with Gasteiger partial charge in [-0.1, -0.05) is 18.2 Å². The SMILES string of the molecule is C[C@@H](C(=O)N1CC2C[C@@H](C1)Cn1c2ccc([N+](=O)[O-])c1=O)N1Cc2ccccc2C1=O. The van der Waals surface area contributed by atoms with Crippen molar-refractivity contribution in [2.75, 3.05) is 13.1 Å². The molecule has 1 unspecified atom stereocenters. The first-order valence-corrected chi connectivity index (χ1v) is 10.4. The second kappa shape index (κ2) is 7.04. The fraction of sp³-hybridized carbons (Fsp3) is 0.409. The van der Waals surface area contributed by atoms with E-state index >= 15 is 0 Å². The van der Waals surface area contributed by atoms with Gasteiger partial charge in [0.05, 0.1) is 4.92 Å². The third-order valence-electron chi connectivity index (χ3n) is 6.77. The smallest absolute Gasteiger partial charge is 0.334 e. The number of rotatable bonds is 3. The molecule has 0 spiro atoms. The normalized spacial score (nSPS) is 22.7. The van der Waals surface area contributed by atoms with E-state index in [1.807, 2.05) is 18.2 Å². The highest BCUT2D eigenvalue weighted by molar-refractivity contribution is 6.01. The number of fused-ring (bicyclic) bond motifs is 5. The zero-order valence-electron chi connectivity index (χ0n) is 17.1. The first-order chi connectivity index (χ1) is 14.8. The number of aromatic nitrogens is 1. The molecule has 3 aliphatic heterocycles. The van der Waals surface area contributed by atoms with Crippen molar-refractivity contribution in [3.63, 3.8) is 0 Å². The van der Waals surface area contributed by atoms with Crippen molar-refractivity contribution in [2.24, 2.45) is 5.92 Å². The molecular weight excluding hydrogens is 400 g/mol. The molecule has 160 valence electrons. The third-order valence-corrected chi connectivity index (χ3v) is 6.77. The quantitative estimate of drug-likeness (QED) is 0.553. The Morgan fingerprint density at radius 3 is 2.65 bits per heavy atom. The predicted octanol–water partition coefficient (Wildman–Crippen LogP) is 1.75. The molecule has 1 saturated heterocycles. The Balaban J connectivity index is 1.37. The minimum atomic E-state index is -0.650. The van der Waals surface area contributed by atoms with E-state index in [0.29, 0.717) is 31.7 Å². The Morgan fingerprint density at radius 1 is 1.13 bits per heavy atom. The number of amides is 2. The second-order valence-electron chi connectivity index (χ2n) is 8.62. The van der Waals surface area contributed by atoms with Crippen LogP contribution in [0.25, 0.3) is 0 Å². The monoisotopic (exact) mass is 422 g/mol. The van der Waals surface area contributed by atoms with Gasteiger partial charge in [0.1, 0.15) is 6.04 Å². The number of hydrogen-bond acceptors (Lipinski definition) is 5. The number of benzene rings is 1. The van der Waals surface area contributed by atoms with E-state index in [2.05, 4.69) is 0 Å².